The molecule has 3 atom stereocenters. The van der Waals surface area contributed by atoms with Gasteiger partial charge in [-0.05, 0) is 72.2 Å². The average Bonchev–Trinajstić information content (AvgIpc) is 3.65. The molecule has 2 aliphatic rings. The van der Waals surface area contributed by atoms with Crippen LogP contribution in [0.2, 0.25) is 0 Å². The predicted octanol–water partition coefficient (Wildman–Crippen LogP) is 3.65. The predicted molar refractivity (Wildman–Crippen MR) is 188 cm³/mol. The summed E-state index contributed by atoms with van der Waals surface area (Å²) in [6.07, 6.45) is -1.21. The molecule has 3 aromatic carbocycles. The monoisotopic (exact) mass is 722 g/mol. The molecule has 0 spiro atoms. The van der Waals surface area contributed by atoms with E-state index >= 15 is 0 Å². The van der Waals surface area contributed by atoms with E-state index in [1.54, 1.807) is 39.0 Å². The lowest BCUT2D eigenvalue weighted by atomic mass is 9.97. The van der Waals surface area contributed by atoms with E-state index in [1.807, 2.05) is 44.2 Å². The number of amides is 4. The van der Waals surface area contributed by atoms with Crippen molar-refractivity contribution in [3.8, 4) is 17.2 Å². The van der Waals surface area contributed by atoms with E-state index in [0.717, 1.165) is 10.5 Å². The van der Waals surface area contributed by atoms with Gasteiger partial charge in [0.2, 0.25) is 22.7 Å². The summed E-state index contributed by atoms with van der Waals surface area (Å²) in [7, 11) is -4.12. The number of imide groups is 1. The van der Waals surface area contributed by atoms with Gasteiger partial charge in [0.25, 0.3) is 5.91 Å². The maximum atomic E-state index is 14.1. The number of aromatic hydroxyl groups is 1. The molecule has 0 saturated carbocycles. The number of hydrogen-bond donors (Lipinski definition) is 3. The van der Waals surface area contributed by atoms with Crippen molar-refractivity contribution in [3.63, 3.8) is 0 Å². The molecule has 14 heteroatoms. The molecule has 3 aromatic rings. The molecule has 5 rings (SSSR count). The Morgan fingerprint density at radius 2 is 1.65 bits per heavy atom. The van der Waals surface area contributed by atoms with Gasteiger partial charge in [-0.1, -0.05) is 64.1 Å². The number of hydrogen-bond acceptors (Lipinski definition) is 9. The van der Waals surface area contributed by atoms with Gasteiger partial charge in [-0.2, -0.15) is 4.31 Å². The molecule has 0 aliphatic carbocycles. The summed E-state index contributed by atoms with van der Waals surface area (Å²) in [4.78, 5) is 43.3. The third-order valence-electron chi connectivity index (χ3n) is 8.95. The summed E-state index contributed by atoms with van der Waals surface area (Å²) in [5.41, 5.74) is 1.83. The molecule has 0 aromatic heterocycles. The Morgan fingerprint density at radius 3 is 2.31 bits per heavy atom. The van der Waals surface area contributed by atoms with Crippen LogP contribution in [0.25, 0.3) is 0 Å². The summed E-state index contributed by atoms with van der Waals surface area (Å²) in [6.45, 7) is 8.35. The number of aliphatic hydroxyl groups excluding tert-OH is 1. The minimum Gasteiger partial charge on any atom is -0.508 e. The Balaban J connectivity index is 1.38. The Labute approximate surface area is 298 Å². The van der Waals surface area contributed by atoms with Crippen molar-refractivity contribution in [2.45, 2.75) is 70.7 Å². The van der Waals surface area contributed by atoms with E-state index < -0.39 is 52.0 Å². The Bertz CT molecular complexity index is 1850. The number of phenolic OH excluding ortho intramolecular Hbond substituents is 1. The minimum absolute atomic E-state index is 0.0205. The Kier molecular flexibility index (Phi) is 11.6. The SMILES string of the molecule is Cc1cc(S(=O)(=O)N(CC(C)C)C[C@@H](O)[C@H](Cc2ccccc2)NC(=O)[C@H](C(C)C)N2CC(=O)N(Cc3ccc4c(c3)OCO4)C2=O)ccc1O. The molecule has 51 heavy (non-hydrogen) atoms. The number of carbonyl (C=O) groups excluding carboxylic acids is 3. The van der Waals surface area contributed by atoms with Crippen LogP contribution < -0.4 is 14.8 Å². The quantitative estimate of drug-likeness (QED) is 0.199. The first kappa shape index (κ1) is 37.6. The number of aryl methyl sites for hydroxylation is 1. The van der Waals surface area contributed by atoms with Crippen molar-refractivity contribution in [3.05, 3.63) is 83.4 Å². The summed E-state index contributed by atoms with van der Waals surface area (Å²) in [6, 6.07) is 15.7. The number of urea groups is 1. The number of aliphatic hydroxyl groups is 1. The van der Waals surface area contributed by atoms with E-state index in [0.29, 0.717) is 22.6 Å². The Morgan fingerprint density at radius 1 is 0.941 bits per heavy atom. The first-order valence-electron chi connectivity index (χ1n) is 17.0. The summed E-state index contributed by atoms with van der Waals surface area (Å²) >= 11 is 0. The van der Waals surface area contributed by atoms with Crippen molar-refractivity contribution in [2.75, 3.05) is 26.4 Å². The first-order chi connectivity index (χ1) is 24.1. The lowest BCUT2D eigenvalue weighted by Gasteiger charge is -2.34. The van der Waals surface area contributed by atoms with Crippen LogP contribution in [0.15, 0.2) is 71.6 Å². The molecule has 3 N–H and O–H groups in total. The Hall–Kier alpha value is -4.66. The topological polar surface area (TPSA) is 166 Å². The number of nitrogens with zero attached hydrogens (tertiary/aromatic N) is 3. The van der Waals surface area contributed by atoms with Crippen LogP contribution in [-0.2, 0) is 32.6 Å². The van der Waals surface area contributed by atoms with Gasteiger partial charge in [0.15, 0.2) is 11.5 Å². The highest BCUT2D eigenvalue weighted by molar-refractivity contribution is 7.89. The molecular formula is C37H46N4O9S. The van der Waals surface area contributed by atoms with Crippen molar-refractivity contribution < 1.29 is 42.5 Å². The second-order valence-corrected chi connectivity index (χ2v) is 15.7. The van der Waals surface area contributed by atoms with Gasteiger partial charge in [-0.15, -0.1) is 0 Å². The second-order valence-electron chi connectivity index (χ2n) is 13.8. The molecule has 13 nitrogen and oxygen atoms in total. The van der Waals surface area contributed by atoms with Crippen molar-refractivity contribution in [1.82, 2.24) is 19.4 Å². The fourth-order valence-corrected chi connectivity index (χ4v) is 8.04. The molecule has 274 valence electrons. The number of nitrogens with one attached hydrogen (secondary N) is 1. The molecule has 4 amide bonds. The zero-order chi connectivity index (χ0) is 37.0. The average molecular weight is 723 g/mol. The molecule has 1 fully saturated rings. The van der Waals surface area contributed by atoms with Crippen LogP contribution in [0, 0.1) is 18.8 Å². The zero-order valence-electron chi connectivity index (χ0n) is 29.5. The molecule has 2 heterocycles. The lowest BCUT2D eigenvalue weighted by molar-refractivity contribution is -0.129. The molecule has 1 saturated heterocycles. The van der Waals surface area contributed by atoms with E-state index in [2.05, 4.69) is 5.32 Å². The van der Waals surface area contributed by atoms with Crippen molar-refractivity contribution >= 4 is 27.9 Å². The highest BCUT2D eigenvalue weighted by Gasteiger charge is 2.44. The van der Waals surface area contributed by atoms with Crippen molar-refractivity contribution in [2.24, 2.45) is 11.8 Å². The third kappa shape index (κ3) is 8.63. The number of benzene rings is 3. The van der Waals surface area contributed by atoms with Crippen LogP contribution in [0.5, 0.6) is 17.2 Å². The third-order valence-corrected chi connectivity index (χ3v) is 10.8. The second kappa shape index (κ2) is 15.7. The first-order valence-corrected chi connectivity index (χ1v) is 18.4. The molecule has 0 bridgehead atoms. The molecule has 0 radical (unpaired) electrons. The van der Waals surface area contributed by atoms with E-state index in [-0.39, 0.29) is 56.0 Å². The summed E-state index contributed by atoms with van der Waals surface area (Å²) in [5, 5.41) is 24.7. The summed E-state index contributed by atoms with van der Waals surface area (Å²) in [5.74, 6) is -0.509. The zero-order valence-corrected chi connectivity index (χ0v) is 30.3. The number of ether oxygens (including phenoxy) is 2. The van der Waals surface area contributed by atoms with E-state index in [1.165, 1.54) is 27.4 Å². The van der Waals surface area contributed by atoms with Gasteiger partial charge >= 0.3 is 6.03 Å². The van der Waals surface area contributed by atoms with Crippen LogP contribution >= 0.6 is 0 Å². The van der Waals surface area contributed by atoms with E-state index in [4.69, 9.17) is 9.47 Å². The minimum atomic E-state index is -4.12. The summed E-state index contributed by atoms with van der Waals surface area (Å²) < 4.78 is 39.7. The number of phenols is 1. The molecule has 0 unspecified atom stereocenters. The van der Waals surface area contributed by atoms with Crippen LogP contribution in [-0.4, -0.2) is 95.2 Å². The highest BCUT2D eigenvalue weighted by atomic mass is 32.2. The number of fused-ring (bicyclic) bond motifs is 1. The van der Waals surface area contributed by atoms with Gasteiger partial charge in [0, 0.05) is 13.1 Å². The smallest absolute Gasteiger partial charge is 0.328 e. The standard InChI is InChI=1S/C37H46N4O9S/c1-23(2)18-39(51(47,48)28-12-13-30(42)25(5)15-28)20-31(43)29(16-26-9-7-6-8-10-26)38-36(45)35(24(3)4)41-21-34(44)40(37(41)46)19-27-11-14-32-33(17-27)50-22-49-32/h6-15,17,23-24,29,31,35,42-43H,16,18-22H2,1-5H3,(H,38,45)/t29-,31+,35-/m0/s1. The van der Waals surface area contributed by atoms with Gasteiger partial charge in [0.05, 0.1) is 23.6 Å². The largest absolute Gasteiger partial charge is 0.508 e. The van der Waals surface area contributed by atoms with Gasteiger partial charge in [-0.3, -0.25) is 14.5 Å². The van der Waals surface area contributed by atoms with Gasteiger partial charge < -0.3 is 29.9 Å². The van der Waals surface area contributed by atoms with E-state index in [9.17, 15) is 33.0 Å². The van der Waals surface area contributed by atoms with Gasteiger partial charge in [0.1, 0.15) is 18.3 Å². The van der Waals surface area contributed by atoms with Crippen molar-refractivity contribution in [1.29, 1.82) is 0 Å². The maximum Gasteiger partial charge on any atom is 0.328 e. The fourth-order valence-electron chi connectivity index (χ4n) is 6.33. The highest BCUT2D eigenvalue weighted by Crippen LogP contribution is 2.33. The number of carbonyl (C=O) groups is 3. The van der Waals surface area contributed by atoms with Crippen LogP contribution in [0.1, 0.15) is 44.4 Å². The van der Waals surface area contributed by atoms with Gasteiger partial charge in [-0.25, -0.2) is 13.2 Å². The van der Waals surface area contributed by atoms with Crippen LogP contribution in [0.4, 0.5) is 4.79 Å². The van der Waals surface area contributed by atoms with Crippen LogP contribution in [0.3, 0.4) is 0 Å². The normalized spacial score (nSPS) is 16.3. The number of rotatable bonds is 15. The maximum absolute atomic E-state index is 14.1. The molecular weight excluding hydrogens is 676 g/mol. The lowest BCUT2D eigenvalue weighted by Crippen LogP contribution is -2.57. The molecule has 2 aliphatic heterocycles. The fraction of sp³-hybridized carbons (Fsp3) is 0.432. The number of sulfonamides is 1.